The molecule has 0 saturated carbocycles. The molecule has 0 bridgehead atoms. The summed E-state index contributed by atoms with van der Waals surface area (Å²) in [5.74, 6) is -0.700. The number of fused-ring (bicyclic) bond motifs is 2. The molecule has 0 saturated heterocycles. The number of benzene rings is 2. The van der Waals surface area contributed by atoms with Gasteiger partial charge in [0.2, 0.25) is 0 Å². The molecule has 8 nitrogen and oxygen atoms in total. The van der Waals surface area contributed by atoms with Gasteiger partial charge >= 0.3 is 5.97 Å². The van der Waals surface area contributed by atoms with Crippen molar-refractivity contribution >= 4 is 40.2 Å². The number of rotatable bonds is 8. The van der Waals surface area contributed by atoms with Crippen LogP contribution in [-0.4, -0.2) is 44.2 Å². The van der Waals surface area contributed by atoms with Gasteiger partial charge in [-0.1, -0.05) is 41.9 Å². The Hall–Kier alpha value is -4.04. The number of halogens is 1. The summed E-state index contributed by atoms with van der Waals surface area (Å²) in [6.45, 7) is 0.909. The number of carboxylic acids is 1. The summed E-state index contributed by atoms with van der Waals surface area (Å²) >= 11 is 6.50. The van der Waals surface area contributed by atoms with Crippen molar-refractivity contribution in [1.29, 1.82) is 0 Å². The molecule has 0 aliphatic carbocycles. The molecule has 9 heteroatoms. The van der Waals surface area contributed by atoms with E-state index in [4.69, 9.17) is 16.6 Å². The van der Waals surface area contributed by atoms with Crippen LogP contribution in [0.2, 0.25) is 5.02 Å². The number of phenolic OH excluding ortho intramolecular Hbond substituents is 1. The van der Waals surface area contributed by atoms with Crippen molar-refractivity contribution in [2.45, 2.75) is 38.1 Å². The number of aryl methyl sites for hydroxylation is 4. The molecule has 1 aliphatic rings. The van der Waals surface area contributed by atoms with Crippen LogP contribution < -0.4 is 10.6 Å². The quantitative estimate of drug-likeness (QED) is 0.265. The molecular weight excluding hydrogens is 504 g/mol. The van der Waals surface area contributed by atoms with Crippen LogP contribution in [0.5, 0.6) is 5.75 Å². The number of carbonyl (C=O) groups is 2. The lowest BCUT2D eigenvalue weighted by Crippen LogP contribution is -2.43. The number of para-hydroxylation sites is 1. The molecule has 196 valence electrons. The van der Waals surface area contributed by atoms with E-state index in [0.29, 0.717) is 12.8 Å². The smallest absolute Gasteiger partial charge is 0.326 e. The van der Waals surface area contributed by atoms with E-state index in [-0.39, 0.29) is 22.9 Å². The number of carbonyl (C=O) groups excluding carboxylic acids is 1. The van der Waals surface area contributed by atoms with Crippen molar-refractivity contribution in [3.05, 3.63) is 87.7 Å². The standard InChI is InChI=1S/C29H29ClN4O4/c1-34-24-7-3-2-6-22(24)25(30)26(34)28(36)33-23(29(37)38)16-19-10-13-21(35)15-18(19)9-12-20-11-8-17-5-4-14-31-27(17)32-20/h2-3,6-8,10-11,13,15,23,35H,4-5,9,12,14,16H2,1H3,(H,31,32)(H,33,36)(H,37,38)/t23-/m0/s1. The summed E-state index contributed by atoms with van der Waals surface area (Å²) in [5, 5.41) is 27.1. The van der Waals surface area contributed by atoms with Gasteiger partial charge in [0.15, 0.2) is 0 Å². The first-order valence-corrected chi connectivity index (χ1v) is 13.0. The van der Waals surface area contributed by atoms with Gasteiger partial charge in [0, 0.05) is 36.6 Å². The maximum absolute atomic E-state index is 13.2. The van der Waals surface area contributed by atoms with Crippen molar-refractivity contribution in [3.8, 4) is 5.75 Å². The van der Waals surface area contributed by atoms with Crippen LogP contribution in [0.3, 0.4) is 0 Å². The van der Waals surface area contributed by atoms with Gasteiger partial charge < -0.3 is 25.4 Å². The molecule has 4 aromatic rings. The second-order valence-electron chi connectivity index (χ2n) is 9.60. The first-order valence-electron chi connectivity index (χ1n) is 12.6. The van der Waals surface area contributed by atoms with Gasteiger partial charge in [-0.2, -0.15) is 0 Å². The highest BCUT2D eigenvalue weighted by Crippen LogP contribution is 2.30. The molecule has 4 N–H and O–H groups in total. The Labute approximate surface area is 225 Å². The van der Waals surface area contributed by atoms with Crippen LogP contribution in [0.15, 0.2) is 54.6 Å². The summed E-state index contributed by atoms with van der Waals surface area (Å²) in [5.41, 5.74) is 4.65. The third kappa shape index (κ3) is 5.17. The Morgan fingerprint density at radius 1 is 1.13 bits per heavy atom. The van der Waals surface area contributed by atoms with Gasteiger partial charge in [-0.3, -0.25) is 4.79 Å². The summed E-state index contributed by atoms with van der Waals surface area (Å²) < 4.78 is 1.67. The molecule has 2 aromatic heterocycles. The fraction of sp³-hybridized carbons (Fsp3) is 0.276. The lowest BCUT2D eigenvalue weighted by atomic mass is 9.95. The number of nitrogens with one attached hydrogen (secondary N) is 2. The largest absolute Gasteiger partial charge is 0.508 e. The number of carboxylic acid groups (broad SMARTS) is 1. The van der Waals surface area contributed by atoms with Crippen LogP contribution >= 0.6 is 11.6 Å². The lowest BCUT2D eigenvalue weighted by molar-refractivity contribution is -0.139. The van der Waals surface area contributed by atoms with Gasteiger partial charge in [0.25, 0.3) is 5.91 Å². The minimum atomic E-state index is -1.19. The zero-order valence-corrected chi connectivity index (χ0v) is 21.8. The van der Waals surface area contributed by atoms with E-state index in [9.17, 15) is 19.8 Å². The molecule has 0 unspecified atom stereocenters. The third-order valence-corrected chi connectivity index (χ3v) is 7.46. The maximum atomic E-state index is 13.2. The Morgan fingerprint density at radius 2 is 1.95 bits per heavy atom. The van der Waals surface area contributed by atoms with E-state index in [2.05, 4.69) is 16.7 Å². The molecule has 3 heterocycles. The number of aromatic hydroxyl groups is 1. The first-order chi connectivity index (χ1) is 18.3. The molecule has 1 atom stereocenters. The topological polar surface area (TPSA) is 116 Å². The van der Waals surface area contributed by atoms with Crippen molar-refractivity contribution < 1.29 is 19.8 Å². The molecule has 0 fully saturated rings. The molecule has 1 amide bonds. The minimum absolute atomic E-state index is 0.0530. The van der Waals surface area contributed by atoms with E-state index >= 15 is 0 Å². The van der Waals surface area contributed by atoms with Crippen LogP contribution in [0.4, 0.5) is 5.82 Å². The van der Waals surface area contributed by atoms with Gasteiger partial charge in [-0.25, -0.2) is 9.78 Å². The number of pyridine rings is 1. The highest BCUT2D eigenvalue weighted by atomic mass is 35.5. The Bertz CT molecular complexity index is 1490. The summed E-state index contributed by atoms with van der Waals surface area (Å²) in [6.07, 6.45) is 3.34. The number of hydrogen-bond acceptors (Lipinski definition) is 5. The van der Waals surface area contributed by atoms with E-state index in [1.807, 2.05) is 30.3 Å². The Balaban J connectivity index is 1.34. The van der Waals surface area contributed by atoms with E-state index in [1.165, 1.54) is 11.6 Å². The zero-order valence-electron chi connectivity index (χ0n) is 21.0. The van der Waals surface area contributed by atoms with Crippen molar-refractivity contribution in [3.63, 3.8) is 0 Å². The van der Waals surface area contributed by atoms with Gasteiger partial charge in [-0.15, -0.1) is 0 Å². The fourth-order valence-corrected chi connectivity index (χ4v) is 5.43. The van der Waals surface area contributed by atoms with E-state index in [0.717, 1.165) is 52.9 Å². The number of hydrogen-bond donors (Lipinski definition) is 4. The van der Waals surface area contributed by atoms with Crippen LogP contribution in [-0.2, 0) is 37.5 Å². The molecule has 1 aliphatic heterocycles. The predicted octanol–water partition coefficient (Wildman–Crippen LogP) is 4.50. The zero-order chi connectivity index (χ0) is 26.8. The van der Waals surface area contributed by atoms with Gasteiger partial charge in [-0.05, 0) is 66.6 Å². The number of amides is 1. The fourth-order valence-electron chi connectivity index (χ4n) is 5.06. The highest BCUT2D eigenvalue weighted by Gasteiger charge is 2.26. The summed E-state index contributed by atoms with van der Waals surface area (Å²) in [6, 6.07) is 15.2. The average molecular weight is 533 g/mol. The van der Waals surface area contributed by atoms with Crippen molar-refractivity contribution in [1.82, 2.24) is 14.9 Å². The van der Waals surface area contributed by atoms with Crippen molar-refractivity contribution in [2.75, 3.05) is 11.9 Å². The molecule has 0 spiro atoms. The summed E-state index contributed by atoms with van der Waals surface area (Å²) in [7, 11) is 1.72. The number of phenols is 1. The highest BCUT2D eigenvalue weighted by molar-refractivity contribution is 6.38. The van der Waals surface area contributed by atoms with E-state index < -0.39 is 17.9 Å². The predicted molar refractivity (Wildman–Crippen MR) is 147 cm³/mol. The first kappa shape index (κ1) is 25.6. The lowest BCUT2D eigenvalue weighted by Gasteiger charge is -2.19. The average Bonchev–Trinajstić information content (AvgIpc) is 3.17. The second-order valence-corrected chi connectivity index (χ2v) is 9.98. The molecule has 5 rings (SSSR count). The molecule has 0 radical (unpaired) electrons. The van der Waals surface area contributed by atoms with Gasteiger partial charge in [0.1, 0.15) is 23.3 Å². The monoisotopic (exact) mass is 532 g/mol. The Morgan fingerprint density at radius 3 is 2.74 bits per heavy atom. The number of nitrogens with zero attached hydrogens (tertiary/aromatic N) is 2. The molecular formula is C29H29ClN4O4. The Kier molecular flexibility index (Phi) is 7.24. The number of aliphatic carboxylic acids is 1. The van der Waals surface area contributed by atoms with Crippen molar-refractivity contribution in [2.24, 2.45) is 7.05 Å². The summed E-state index contributed by atoms with van der Waals surface area (Å²) in [4.78, 5) is 30.1. The molecule has 2 aromatic carbocycles. The van der Waals surface area contributed by atoms with Crippen LogP contribution in [0.1, 0.15) is 39.3 Å². The third-order valence-electron chi connectivity index (χ3n) is 7.08. The van der Waals surface area contributed by atoms with Crippen LogP contribution in [0, 0.1) is 0 Å². The second kappa shape index (κ2) is 10.8. The van der Waals surface area contributed by atoms with Gasteiger partial charge in [0.05, 0.1) is 5.02 Å². The molecule has 38 heavy (non-hydrogen) atoms. The van der Waals surface area contributed by atoms with Crippen LogP contribution in [0.25, 0.3) is 10.9 Å². The SMILES string of the molecule is Cn1c(C(=O)N[C@@H](Cc2ccc(O)cc2CCc2ccc3c(n2)NCCC3)C(=O)O)c(Cl)c2ccccc21. The number of aromatic nitrogens is 2. The maximum Gasteiger partial charge on any atom is 0.326 e. The minimum Gasteiger partial charge on any atom is -0.508 e. The normalized spacial score (nSPS) is 13.5. The number of anilines is 1. The van der Waals surface area contributed by atoms with E-state index in [1.54, 1.807) is 23.7 Å².